The second-order valence-electron chi connectivity index (χ2n) is 6.74. The van der Waals surface area contributed by atoms with Crippen LogP contribution in [-0.4, -0.2) is 41.8 Å². The molecule has 1 amide bonds. The topological polar surface area (TPSA) is 180 Å². The van der Waals surface area contributed by atoms with E-state index in [1.54, 1.807) is 25.1 Å². The minimum atomic E-state index is -0.714. The van der Waals surface area contributed by atoms with Crippen LogP contribution in [0, 0.1) is 10.1 Å². The van der Waals surface area contributed by atoms with Crippen molar-refractivity contribution in [2.75, 3.05) is 5.73 Å². The Hall–Kier alpha value is -4.36. The molecule has 0 saturated heterocycles. The lowest BCUT2D eigenvalue weighted by atomic mass is 10.1. The van der Waals surface area contributed by atoms with Crippen LogP contribution in [0.4, 0.5) is 11.5 Å². The summed E-state index contributed by atoms with van der Waals surface area (Å²) in [4.78, 5) is 23.4. The number of nitrogens with zero attached hydrogens (tertiary/aromatic N) is 7. The molecule has 0 atom stereocenters. The smallest absolute Gasteiger partial charge is 0.294 e. The molecule has 0 fully saturated rings. The number of nitro groups is 1. The molecule has 172 valence electrons. The molecular formula is C19H13Cl2N9O4. The highest BCUT2D eigenvalue weighted by atomic mass is 35.5. The summed E-state index contributed by atoms with van der Waals surface area (Å²) in [6, 6.07) is 10.3. The van der Waals surface area contributed by atoms with Crippen molar-refractivity contribution in [3.8, 4) is 17.1 Å². The van der Waals surface area contributed by atoms with Crippen molar-refractivity contribution < 1.29 is 14.3 Å². The standard InChI is InChI=1S/C19H13Cl2N9O4/c1-9(11-4-7-13(20)14(21)8-11)23-25-19(31)15-16(10-2-5-12(6-3-10)30(32)33)29(28-24-15)18-17(22)26-34-27-18/h2-8H,1H3,(H2,22,26)(H,25,31)/b23-9-. The number of anilines is 1. The lowest BCUT2D eigenvalue weighted by Gasteiger charge is -2.06. The first kappa shape index (κ1) is 22.8. The van der Waals surface area contributed by atoms with Crippen molar-refractivity contribution in [1.29, 1.82) is 0 Å². The summed E-state index contributed by atoms with van der Waals surface area (Å²) in [7, 11) is 0. The van der Waals surface area contributed by atoms with E-state index in [4.69, 9.17) is 28.9 Å². The molecule has 2 heterocycles. The first-order valence-corrected chi connectivity index (χ1v) is 10.1. The molecule has 0 radical (unpaired) electrons. The van der Waals surface area contributed by atoms with Crippen molar-refractivity contribution in [3.63, 3.8) is 0 Å². The van der Waals surface area contributed by atoms with E-state index < -0.39 is 10.8 Å². The highest BCUT2D eigenvalue weighted by molar-refractivity contribution is 6.42. The van der Waals surface area contributed by atoms with E-state index in [-0.39, 0.29) is 28.7 Å². The van der Waals surface area contributed by atoms with Crippen LogP contribution >= 0.6 is 23.2 Å². The molecule has 2 aromatic carbocycles. The molecule has 3 N–H and O–H groups in total. The second kappa shape index (κ2) is 9.25. The van der Waals surface area contributed by atoms with E-state index >= 15 is 0 Å². The highest BCUT2D eigenvalue weighted by Gasteiger charge is 2.25. The van der Waals surface area contributed by atoms with Crippen LogP contribution in [0.3, 0.4) is 0 Å². The van der Waals surface area contributed by atoms with Gasteiger partial charge in [0.2, 0.25) is 11.6 Å². The van der Waals surface area contributed by atoms with Crippen LogP contribution in [-0.2, 0) is 0 Å². The molecule has 34 heavy (non-hydrogen) atoms. The van der Waals surface area contributed by atoms with Gasteiger partial charge >= 0.3 is 0 Å². The predicted molar refractivity (Wildman–Crippen MR) is 122 cm³/mol. The van der Waals surface area contributed by atoms with E-state index in [9.17, 15) is 14.9 Å². The molecule has 0 aliphatic heterocycles. The monoisotopic (exact) mass is 501 g/mol. The fourth-order valence-corrected chi connectivity index (χ4v) is 3.19. The minimum Gasteiger partial charge on any atom is -0.378 e. The lowest BCUT2D eigenvalue weighted by Crippen LogP contribution is -2.21. The number of nitrogens with one attached hydrogen (secondary N) is 1. The molecule has 4 rings (SSSR count). The maximum Gasteiger partial charge on any atom is 0.294 e. The summed E-state index contributed by atoms with van der Waals surface area (Å²) in [5.41, 5.74) is 9.46. The summed E-state index contributed by atoms with van der Waals surface area (Å²) < 4.78 is 5.75. The van der Waals surface area contributed by atoms with Gasteiger partial charge in [-0.2, -0.15) is 9.78 Å². The average Bonchev–Trinajstić information content (AvgIpc) is 3.45. The van der Waals surface area contributed by atoms with Gasteiger partial charge in [-0.1, -0.05) is 34.5 Å². The Morgan fingerprint density at radius 1 is 1.18 bits per heavy atom. The number of hydrogen-bond donors (Lipinski definition) is 2. The van der Waals surface area contributed by atoms with E-state index in [0.29, 0.717) is 26.9 Å². The minimum absolute atomic E-state index is 0.0182. The molecular weight excluding hydrogens is 489 g/mol. The zero-order chi connectivity index (χ0) is 24.4. The molecule has 0 bridgehead atoms. The van der Waals surface area contributed by atoms with E-state index in [1.807, 2.05) is 0 Å². The Bertz CT molecular complexity index is 1430. The van der Waals surface area contributed by atoms with E-state index in [1.165, 1.54) is 24.3 Å². The Labute approximate surface area is 200 Å². The molecule has 0 spiro atoms. The number of hydrazone groups is 1. The highest BCUT2D eigenvalue weighted by Crippen LogP contribution is 2.28. The van der Waals surface area contributed by atoms with Gasteiger partial charge in [0, 0.05) is 17.7 Å². The zero-order valence-corrected chi connectivity index (χ0v) is 18.7. The maximum atomic E-state index is 13.0. The van der Waals surface area contributed by atoms with Crippen LogP contribution in [0.1, 0.15) is 23.0 Å². The maximum absolute atomic E-state index is 13.0. The van der Waals surface area contributed by atoms with Gasteiger partial charge in [0.05, 0.1) is 20.7 Å². The number of aromatic nitrogens is 5. The van der Waals surface area contributed by atoms with Crippen LogP contribution in [0.25, 0.3) is 17.1 Å². The number of carbonyl (C=O) groups excluding carboxylic acids is 1. The molecule has 4 aromatic rings. The van der Waals surface area contributed by atoms with Gasteiger partial charge in [-0.15, -0.1) is 5.10 Å². The molecule has 0 aliphatic rings. The predicted octanol–water partition coefficient (Wildman–Crippen LogP) is 3.27. The summed E-state index contributed by atoms with van der Waals surface area (Å²) in [5.74, 6) is -0.835. The Morgan fingerprint density at radius 3 is 2.53 bits per heavy atom. The third-order valence-electron chi connectivity index (χ3n) is 4.60. The summed E-state index contributed by atoms with van der Waals surface area (Å²) >= 11 is 12.0. The van der Waals surface area contributed by atoms with Gasteiger partial charge < -0.3 is 5.73 Å². The van der Waals surface area contributed by atoms with Gasteiger partial charge in [-0.05, 0) is 47.1 Å². The van der Waals surface area contributed by atoms with Crippen molar-refractivity contribution in [3.05, 3.63) is 73.9 Å². The second-order valence-corrected chi connectivity index (χ2v) is 7.56. The number of halogens is 2. The number of non-ortho nitro benzene ring substituents is 1. The van der Waals surface area contributed by atoms with Crippen LogP contribution in [0.2, 0.25) is 10.0 Å². The van der Waals surface area contributed by atoms with E-state index in [2.05, 4.69) is 35.8 Å². The largest absolute Gasteiger partial charge is 0.378 e. The number of rotatable bonds is 6. The Balaban J connectivity index is 1.71. The normalized spacial score (nSPS) is 11.4. The number of carbonyl (C=O) groups is 1. The Kier molecular flexibility index (Phi) is 6.21. The first-order valence-electron chi connectivity index (χ1n) is 9.35. The summed E-state index contributed by atoms with van der Waals surface area (Å²) in [6.45, 7) is 1.66. The molecule has 0 aliphatic carbocycles. The van der Waals surface area contributed by atoms with Gasteiger partial charge in [0.1, 0.15) is 5.69 Å². The van der Waals surface area contributed by atoms with Gasteiger partial charge in [-0.3, -0.25) is 14.9 Å². The third kappa shape index (κ3) is 4.42. The van der Waals surface area contributed by atoms with E-state index in [0.717, 1.165) is 4.68 Å². The molecule has 13 nitrogen and oxygen atoms in total. The first-order chi connectivity index (χ1) is 16.3. The number of amides is 1. The number of nitrogen functional groups attached to an aromatic ring is 1. The third-order valence-corrected chi connectivity index (χ3v) is 5.33. The molecule has 0 saturated carbocycles. The molecule has 2 aromatic heterocycles. The fourth-order valence-electron chi connectivity index (χ4n) is 2.89. The Morgan fingerprint density at radius 2 is 1.91 bits per heavy atom. The average molecular weight is 502 g/mol. The van der Waals surface area contributed by atoms with Crippen molar-refractivity contribution in [1.82, 2.24) is 30.7 Å². The van der Waals surface area contributed by atoms with Crippen LogP contribution in [0.15, 0.2) is 52.2 Å². The summed E-state index contributed by atoms with van der Waals surface area (Å²) in [5, 5.41) is 30.8. The lowest BCUT2D eigenvalue weighted by molar-refractivity contribution is -0.384. The molecule has 15 heteroatoms. The number of hydrogen-bond acceptors (Lipinski definition) is 10. The van der Waals surface area contributed by atoms with Crippen molar-refractivity contribution in [2.45, 2.75) is 6.92 Å². The van der Waals surface area contributed by atoms with Crippen molar-refractivity contribution in [2.24, 2.45) is 5.10 Å². The number of benzene rings is 2. The number of nitro benzene ring substituents is 1. The quantitative estimate of drug-likeness (QED) is 0.227. The van der Waals surface area contributed by atoms with Gasteiger partial charge in [-0.25, -0.2) is 10.1 Å². The van der Waals surface area contributed by atoms with Crippen LogP contribution < -0.4 is 11.2 Å². The zero-order valence-electron chi connectivity index (χ0n) is 17.1. The van der Waals surface area contributed by atoms with Crippen molar-refractivity contribution >= 4 is 46.3 Å². The number of nitrogens with two attached hydrogens (primary N) is 1. The summed E-state index contributed by atoms with van der Waals surface area (Å²) in [6.07, 6.45) is 0. The van der Waals surface area contributed by atoms with Crippen LogP contribution in [0.5, 0.6) is 0 Å². The SMILES string of the molecule is C/C(=N/NC(=O)c1nnn(-c2nonc2N)c1-c1ccc([N+](=O)[O-])cc1)c1ccc(Cl)c(Cl)c1. The van der Waals surface area contributed by atoms with Gasteiger partial charge in [0.15, 0.2) is 5.69 Å². The van der Waals surface area contributed by atoms with Gasteiger partial charge in [0.25, 0.3) is 11.6 Å². The fraction of sp³-hybridized carbons (Fsp3) is 0.0526. The molecule has 0 unspecified atom stereocenters.